The number of halogens is 1. The van der Waals surface area contributed by atoms with Crippen molar-refractivity contribution in [2.24, 2.45) is 0 Å². The molecule has 176 valence electrons. The molecule has 2 N–H and O–H groups in total. The molecule has 1 amide bonds. The number of pyridine rings is 1. The van der Waals surface area contributed by atoms with Crippen molar-refractivity contribution < 1.29 is 13.9 Å². The Morgan fingerprint density at radius 1 is 1.14 bits per heavy atom. The molecular formula is C27H19FN6O2. The Labute approximate surface area is 205 Å². The number of nitrogens with zero attached hydrogens (tertiary/aromatic N) is 5. The van der Waals surface area contributed by atoms with Gasteiger partial charge in [-0.15, -0.1) is 0 Å². The number of amides is 1. The van der Waals surface area contributed by atoms with E-state index < -0.39 is 11.7 Å². The number of carbonyl (C=O) groups excluding carboxylic acids is 1. The lowest BCUT2D eigenvalue weighted by molar-refractivity contribution is 0.0704. The lowest BCUT2D eigenvalue weighted by Gasteiger charge is -2.24. The maximum absolute atomic E-state index is 15.0. The van der Waals surface area contributed by atoms with Gasteiger partial charge in [-0.05, 0) is 30.3 Å². The molecule has 5 aromatic rings. The third-order valence-corrected chi connectivity index (χ3v) is 6.27. The van der Waals surface area contributed by atoms with Crippen LogP contribution in [0, 0.1) is 17.7 Å². The van der Waals surface area contributed by atoms with E-state index in [1.54, 1.807) is 36.4 Å². The minimum atomic E-state index is -0.675. The van der Waals surface area contributed by atoms with Crippen molar-refractivity contribution in [1.29, 1.82) is 0 Å². The number of nitrogens with two attached hydrogens (primary N) is 1. The molecule has 1 aliphatic rings. The first-order valence-corrected chi connectivity index (χ1v) is 11.2. The molecule has 2 aromatic carbocycles. The predicted octanol–water partition coefficient (Wildman–Crippen LogP) is 3.60. The van der Waals surface area contributed by atoms with Crippen LogP contribution in [0.1, 0.15) is 33.1 Å². The molecule has 9 heteroatoms. The SMILES string of the molecule is CN(C(=O)c1cc2c(cc1F)nc(N)c1cncn12)[C@@H]1COc2cc(C#Cc3cccnc3)ccc21. The van der Waals surface area contributed by atoms with Crippen LogP contribution in [-0.4, -0.2) is 43.8 Å². The molecule has 36 heavy (non-hydrogen) atoms. The molecule has 0 spiro atoms. The molecule has 3 aromatic heterocycles. The predicted molar refractivity (Wildman–Crippen MR) is 132 cm³/mol. The Kier molecular flexibility index (Phi) is 5.00. The Balaban J connectivity index is 1.30. The van der Waals surface area contributed by atoms with Crippen molar-refractivity contribution in [3.63, 3.8) is 0 Å². The van der Waals surface area contributed by atoms with Crippen LogP contribution in [-0.2, 0) is 0 Å². The molecule has 0 unspecified atom stereocenters. The van der Waals surface area contributed by atoms with E-state index in [1.807, 2.05) is 30.3 Å². The average molecular weight is 478 g/mol. The number of nitrogen functional groups attached to an aromatic ring is 1. The number of aromatic nitrogens is 4. The van der Waals surface area contributed by atoms with E-state index in [0.717, 1.165) is 16.7 Å². The van der Waals surface area contributed by atoms with Gasteiger partial charge >= 0.3 is 0 Å². The van der Waals surface area contributed by atoms with Crippen LogP contribution >= 0.6 is 0 Å². The molecule has 4 heterocycles. The first kappa shape index (κ1) is 21.6. The highest BCUT2D eigenvalue weighted by molar-refractivity contribution is 5.98. The number of rotatable bonds is 2. The maximum atomic E-state index is 15.0. The largest absolute Gasteiger partial charge is 0.491 e. The summed E-state index contributed by atoms with van der Waals surface area (Å²) in [5, 5.41) is 0. The topological polar surface area (TPSA) is 98.6 Å². The number of fused-ring (bicyclic) bond motifs is 4. The van der Waals surface area contributed by atoms with E-state index in [2.05, 4.69) is 26.8 Å². The molecule has 0 saturated carbocycles. The van der Waals surface area contributed by atoms with Gasteiger partial charge in [0.2, 0.25) is 0 Å². The quantitative estimate of drug-likeness (QED) is 0.389. The molecule has 1 aliphatic heterocycles. The second kappa shape index (κ2) is 8.36. The smallest absolute Gasteiger partial charge is 0.257 e. The van der Waals surface area contributed by atoms with Gasteiger partial charge in [-0.25, -0.2) is 14.4 Å². The van der Waals surface area contributed by atoms with Gasteiger partial charge in [0, 0.05) is 42.2 Å². The van der Waals surface area contributed by atoms with E-state index in [4.69, 9.17) is 10.5 Å². The van der Waals surface area contributed by atoms with Gasteiger partial charge in [0.25, 0.3) is 5.91 Å². The zero-order valence-electron chi connectivity index (χ0n) is 19.1. The Bertz CT molecular complexity index is 1720. The third-order valence-electron chi connectivity index (χ3n) is 6.27. The van der Waals surface area contributed by atoms with Crippen LogP contribution in [0.3, 0.4) is 0 Å². The van der Waals surface area contributed by atoms with Gasteiger partial charge in [-0.2, -0.15) is 0 Å². The van der Waals surface area contributed by atoms with Crippen molar-refractivity contribution in [2.45, 2.75) is 6.04 Å². The number of hydrogen-bond acceptors (Lipinski definition) is 6. The fraction of sp³-hybridized carbons (Fsp3) is 0.111. The minimum Gasteiger partial charge on any atom is -0.491 e. The summed E-state index contributed by atoms with van der Waals surface area (Å²) in [6, 6.07) is 11.7. The molecule has 0 bridgehead atoms. The summed E-state index contributed by atoms with van der Waals surface area (Å²) < 4.78 is 22.6. The second-order valence-corrected chi connectivity index (χ2v) is 8.45. The highest BCUT2D eigenvalue weighted by Crippen LogP contribution is 2.37. The summed E-state index contributed by atoms with van der Waals surface area (Å²) in [5.41, 5.74) is 9.77. The molecule has 0 aliphatic carbocycles. The first-order chi connectivity index (χ1) is 17.5. The second-order valence-electron chi connectivity index (χ2n) is 8.45. The summed E-state index contributed by atoms with van der Waals surface area (Å²) >= 11 is 0. The molecule has 6 rings (SSSR count). The van der Waals surface area contributed by atoms with Crippen molar-refractivity contribution in [1.82, 2.24) is 24.3 Å². The summed E-state index contributed by atoms with van der Waals surface area (Å²) in [5.74, 6) is 5.91. The number of imidazole rings is 1. The molecule has 0 fully saturated rings. The summed E-state index contributed by atoms with van der Waals surface area (Å²) in [6.07, 6.45) is 6.52. The van der Waals surface area contributed by atoms with Gasteiger partial charge in [0.05, 0.1) is 35.2 Å². The monoisotopic (exact) mass is 478 g/mol. The number of likely N-dealkylation sites (N-methyl/N-ethyl adjacent to an activating group) is 1. The van der Waals surface area contributed by atoms with E-state index in [0.29, 0.717) is 22.3 Å². The highest BCUT2D eigenvalue weighted by atomic mass is 19.1. The molecule has 0 saturated heterocycles. The van der Waals surface area contributed by atoms with Crippen LogP contribution in [0.5, 0.6) is 5.75 Å². The van der Waals surface area contributed by atoms with Crippen LogP contribution in [0.4, 0.5) is 10.2 Å². The normalized spacial score (nSPS) is 14.2. The molecule has 8 nitrogen and oxygen atoms in total. The number of ether oxygens (including phenoxy) is 1. The van der Waals surface area contributed by atoms with Crippen molar-refractivity contribution in [3.8, 4) is 17.6 Å². The van der Waals surface area contributed by atoms with Gasteiger partial charge in [-0.3, -0.25) is 14.2 Å². The maximum Gasteiger partial charge on any atom is 0.257 e. The number of carbonyl (C=O) groups is 1. The van der Waals surface area contributed by atoms with E-state index in [9.17, 15) is 4.79 Å². The van der Waals surface area contributed by atoms with Crippen LogP contribution in [0.25, 0.3) is 16.6 Å². The van der Waals surface area contributed by atoms with Crippen LogP contribution < -0.4 is 10.5 Å². The fourth-order valence-electron chi connectivity index (χ4n) is 4.37. The third kappa shape index (κ3) is 3.56. The first-order valence-electron chi connectivity index (χ1n) is 11.2. The van der Waals surface area contributed by atoms with E-state index in [-0.39, 0.29) is 24.0 Å². The lowest BCUT2D eigenvalue weighted by Crippen LogP contribution is -2.32. The zero-order valence-corrected chi connectivity index (χ0v) is 19.1. The fourth-order valence-corrected chi connectivity index (χ4v) is 4.37. The number of hydrogen-bond donors (Lipinski definition) is 1. The van der Waals surface area contributed by atoms with Gasteiger partial charge in [0.15, 0.2) is 0 Å². The molecular weight excluding hydrogens is 459 g/mol. The molecule has 1 atom stereocenters. The van der Waals surface area contributed by atoms with Crippen LogP contribution in [0.15, 0.2) is 67.4 Å². The average Bonchev–Trinajstić information content (AvgIpc) is 3.55. The lowest BCUT2D eigenvalue weighted by atomic mass is 10.0. The van der Waals surface area contributed by atoms with Crippen LogP contribution in [0.2, 0.25) is 0 Å². The Morgan fingerprint density at radius 3 is 2.83 bits per heavy atom. The highest BCUT2D eigenvalue weighted by Gasteiger charge is 2.32. The zero-order chi connectivity index (χ0) is 24.8. The van der Waals surface area contributed by atoms with Gasteiger partial charge < -0.3 is 15.4 Å². The Hall–Kier alpha value is -4.97. The van der Waals surface area contributed by atoms with Crippen molar-refractivity contribution >= 4 is 28.3 Å². The van der Waals surface area contributed by atoms with E-state index in [1.165, 1.54) is 17.0 Å². The molecule has 0 radical (unpaired) electrons. The number of anilines is 1. The van der Waals surface area contributed by atoms with Crippen molar-refractivity contribution in [2.75, 3.05) is 19.4 Å². The van der Waals surface area contributed by atoms with Crippen molar-refractivity contribution in [3.05, 3.63) is 95.5 Å². The number of benzene rings is 2. The Morgan fingerprint density at radius 2 is 2.00 bits per heavy atom. The summed E-state index contributed by atoms with van der Waals surface area (Å²) in [7, 11) is 1.64. The summed E-state index contributed by atoms with van der Waals surface area (Å²) in [4.78, 5) is 27.3. The standard InChI is InChI=1S/C27H19FN6O2/c1-33(24-14-36-25-9-16(6-7-18(24)25)4-5-17-3-2-8-30-12-17)27(35)19-10-22-21(11-20(19)28)32-26(29)23-13-31-15-34(22)23/h2-3,6-13,15,24H,14H2,1H3,(H2,29,32)/t24-/m1/s1. The van der Waals surface area contributed by atoms with Gasteiger partial charge in [0.1, 0.15) is 29.5 Å². The minimum absolute atomic E-state index is 0.0704. The van der Waals surface area contributed by atoms with Gasteiger partial charge in [-0.1, -0.05) is 17.9 Å². The van der Waals surface area contributed by atoms with E-state index >= 15 is 4.39 Å². The summed E-state index contributed by atoms with van der Waals surface area (Å²) in [6.45, 7) is 0.260.